The van der Waals surface area contributed by atoms with Crippen molar-refractivity contribution in [2.24, 2.45) is 17.8 Å². The number of fused-ring (bicyclic) bond motifs is 2. The van der Waals surface area contributed by atoms with Gasteiger partial charge in [-0.25, -0.2) is 9.78 Å². The highest BCUT2D eigenvalue weighted by Gasteiger charge is 2.61. The maximum atomic E-state index is 13.6. The molecule has 5 aliphatic rings. The van der Waals surface area contributed by atoms with Crippen molar-refractivity contribution in [2.45, 2.75) is 121 Å². The summed E-state index contributed by atoms with van der Waals surface area (Å²) in [5, 5.41) is 13.9. The van der Waals surface area contributed by atoms with Gasteiger partial charge in [-0.15, -0.1) is 11.8 Å². The minimum atomic E-state index is -0.747. The molecule has 4 heterocycles. The number of nitrogens with zero attached hydrogens (tertiary/aromatic N) is 3. The summed E-state index contributed by atoms with van der Waals surface area (Å²) < 4.78 is 8.50. The van der Waals surface area contributed by atoms with E-state index in [1.165, 1.54) is 0 Å². The topological polar surface area (TPSA) is 96.7 Å². The standard InChI is InChI=1S/C32H48N4O4S/c1-18-8-11-26(40-14-13-36-20(3)34-25-10-9-21(35(4)5)17-23(25)30(36)37)22(15-18)24-16-19(2)33-29-28(31(38)39)27-7-6-12-32(24,29)41-27/h18-19,21-22,24,26,29,33H,6-17H2,1-5H3,(H,38,39). The number of allylic oxidation sites excluding steroid dienone is 1. The van der Waals surface area contributed by atoms with Crippen molar-refractivity contribution < 1.29 is 14.6 Å². The molecule has 1 saturated carbocycles. The molecule has 1 aromatic heterocycles. The number of carboxylic acid groups (broad SMARTS) is 1. The first-order valence-corrected chi connectivity index (χ1v) is 16.7. The number of aryl methyl sites for hydroxylation is 2. The third-order valence-corrected chi connectivity index (χ3v) is 12.8. The van der Waals surface area contributed by atoms with Gasteiger partial charge in [0.25, 0.3) is 5.56 Å². The van der Waals surface area contributed by atoms with Crippen LogP contribution < -0.4 is 10.9 Å². The third-order valence-electron chi connectivity index (χ3n) is 11.0. The summed E-state index contributed by atoms with van der Waals surface area (Å²) in [5.41, 5.74) is 2.60. The monoisotopic (exact) mass is 584 g/mol. The van der Waals surface area contributed by atoms with E-state index in [-0.39, 0.29) is 28.5 Å². The van der Waals surface area contributed by atoms with Crippen molar-refractivity contribution in [1.82, 2.24) is 19.8 Å². The average molecular weight is 585 g/mol. The number of carbonyl (C=O) groups is 1. The SMILES string of the molecule is Cc1nc2c(c(=O)n1CCOC1CCC(C)CC1C1CC(C)NC3C(C(=O)O)=C4CCCC31S4)CC(N(C)C)CC2. The fraction of sp³-hybridized carbons (Fsp3) is 0.781. The van der Waals surface area contributed by atoms with Crippen LogP contribution in [0.5, 0.6) is 0 Å². The number of aliphatic carboxylic acids is 1. The molecule has 0 radical (unpaired) electrons. The van der Waals surface area contributed by atoms with Gasteiger partial charge in [0.15, 0.2) is 0 Å². The number of piperidine rings is 1. The van der Waals surface area contributed by atoms with Crippen LogP contribution in [0.4, 0.5) is 0 Å². The minimum Gasteiger partial charge on any atom is -0.478 e. The number of hydrogen-bond donors (Lipinski definition) is 2. The normalized spacial score (nSPS) is 36.8. The van der Waals surface area contributed by atoms with Crippen LogP contribution in [0.15, 0.2) is 15.3 Å². The zero-order valence-corrected chi connectivity index (χ0v) is 26.3. The molecule has 2 saturated heterocycles. The largest absolute Gasteiger partial charge is 0.478 e. The number of rotatable bonds is 7. The zero-order chi connectivity index (χ0) is 29.1. The molecule has 8 unspecified atom stereocenters. The number of likely N-dealkylation sites (N-methyl/N-ethyl adjacent to an activating group) is 1. The quantitative estimate of drug-likeness (QED) is 0.493. The first-order valence-electron chi connectivity index (χ1n) is 15.9. The Labute approximate surface area is 248 Å². The fourth-order valence-corrected chi connectivity index (χ4v) is 10.9. The van der Waals surface area contributed by atoms with E-state index in [0.29, 0.717) is 42.5 Å². The summed E-state index contributed by atoms with van der Waals surface area (Å²) in [5.74, 6) is 1.48. The highest BCUT2D eigenvalue weighted by molar-refractivity contribution is 8.04. The Morgan fingerprint density at radius 2 is 2.02 bits per heavy atom. The number of hydrogen-bond acceptors (Lipinski definition) is 7. The molecule has 2 N–H and O–H groups in total. The lowest BCUT2D eigenvalue weighted by atomic mass is 9.62. The van der Waals surface area contributed by atoms with Gasteiger partial charge in [-0.2, -0.15) is 0 Å². The lowest BCUT2D eigenvalue weighted by Crippen LogP contribution is -2.63. The Hall–Kier alpha value is -1.68. The highest BCUT2D eigenvalue weighted by Crippen LogP contribution is 2.63. The molecule has 8 nitrogen and oxygen atoms in total. The number of thioether (sulfide) groups is 1. The van der Waals surface area contributed by atoms with E-state index < -0.39 is 5.97 Å². The Morgan fingerprint density at radius 3 is 2.78 bits per heavy atom. The molecule has 1 spiro atoms. The summed E-state index contributed by atoms with van der Waals surface area (Å²) in [6.45, 7) is 7.56. The second-order valence-electron chi connectivity index (χ2n) is 13.8. The Bertz CT molecular complexity index is 1280. The molecular formula is C32H48N4O4S. The molecule has 41 heavy (non-hydrogen) atoms. The lowest BCUT2D eigenvalue weighted by Gasteiger charge is -2.54. The second kappa shape index (κ2) is 11.4. The van der Waals surface area contributed by atoms with Crippen molar-refractivity contribution >= 4 is 17.7 Å². The lowest BCUT2D eigenvalue weighted by molar-refractivity contribution is -0.133. The highest BCUT2D eigenvalue weighted by atomic mass is 32.2. The van der Waals surface area contributed by atoms with Crippen LogP contribution in [-0.2, 0) is 28.9 Å². The molecule has 8 atom stereocenters. The van der Waals surface area contributed by atoms with Crippen LogP contribution >= 0.6 is 11.8 Å². The Morgan fingerprint density at radius 1 is 1.22 bits per heavy atom. The minimum absolute atomic E-state index is 0.0806. The van der Waals surface area contributed by atoms with Gasteiger partial charge in [0.05, 0.1) is 36.6 Å². The maximum absolute atomic E-state index is 13.6. The van der Waals surface area contributed by atoms with E-state index >= 15 is 0 Å². The van der Waals surface area contributed by atoms with E-state index in [1.807, 2.05) is 23.3 Å². The van der Waals surface area contributed by atoms with Crippen LogP contribution in [-0.4, -0.2) is 75.2 Å². The second-order valence-corrected chi connectivity index (χ2v) is 15.2. The smallest absolute Gasteiger partial charge is 0.334 e. The number of nitrogens with one attached hydrogen (secondary N) is 1. The maximum Gasteiger partial charge on any atom is 0.334 e. The van der Waals surface area contributed by atoms with E-state index in [0.717, 1.165) is 86.2 Å². The van der Waals surface area contributed by atoms with Gasteiger partial charge >= 0.3 is 5.97 Å². The van der Waals surface area contributed by atoms with E-state index in [2.05, 4.69) is 38.2 Å². The van der Waals surface area contributed by atoms with Gasteiger partial charge in [-0.05, 0) is 115 Å². The molecule has 1 aromatic rings. The summed E-state index contributed by atoms with van der Waals surface area (Å²) in [6.07, 6.45) is 10.2. The van der Waals surface area contributed by atoms with Crippen molar-refractivity contribution in [1.29, 1.82) is 0 Å². The summed E-state index contributed by atoms with van der Waals surface area (Å²) >= 11 is 1.89. The molecule has 3 aliphatic heterocycles. The molecular weight excluding hydrogens is 536 g/mol. The summed E-state index contributed by atoms with van der Waals surface area (Å²) in [6, 6.07) is 0.579. The molecule has 0 aromatic carbocycles. The van der Waals surface area contributed by atoms with Crippen LogP contribution in [0.3, 0.4) is 0 Å². The fourth-order valence-electron chi connectivity index (χ4n) is 8.90. The van der Waals surface area contributed by atoms with Crippen LogP contribution in [0, 0.1) is 24.7 Å². The van der Waals surface area contributed by atoms with Gasteiger partial charge in [0.2, 0.25) is 0 Å². The van der Waals surface area contributed by atoms with E-state index in [1.54, 1.807) is 0 Å². The first kappa shape index (κ1) is 29.4. The van der Waals surface area contributed by atoms with Crippen LogP contribution in [0.1, 0.15) is 82.3 Å². The number of aromatic nitrogens is 2. The summed E-state index contributed by atoms with van der Waals surface area (Å²) in [7, 11) is 4.18. The van der Waals surface area contributed by atoms with Crippen LogP contribution in [0.2, 0.25) is 0 Å². The first-order chi connectivity index (χ1) is 19.6. The molecule has 3 fully saturated rings. The van der Waals surface area contributed by atoms with Crippen molar-refractivity contribution in [3.63, 3.8) is 0 Å². The zero-order valence-electron chi connectivity index (χ0n) is 25.4. The van der Waals surface area contributed by atoms with Crippen molar-refractivity contribution in [3.8, 4) is 0 Å². The number of carboxylic acids is 1. The molecule has 0 amide bonds. The third kappa shape index (κ3) is 5.23. The molecule has 226 valence electrons. The van der Waals surface area contributed by atoms with Crippen LogP contribution in [0.25, 0.3) is 0 Å². The van der Waals surface area contributed by atoms with Gasteiger partial charge in [-0.1, -0.05) is 6.92 Å². The predicted octanol–water partition coefficient (Wildman–Crippen LogP) is 4.17. The van der Waals surface area contributed by atoms with Crippen molar-refractivity contribution in [3.05, 3.63) is 37.9 Å². The molecule has 2 aliphatic carbocycles. The van der Waals surface area contributed by atoms with E-state index in [4.69, 9.17) is 9.72 Å². The van der Waals surface area contributed by atoms with Crippen molar-refractivity contribution in [2.75, 3.05) is 20.7 Å². The Kier molecular flexibility index (Phi) is 8.20. The van der Waals surface area contributed by atoms with Gasteiger partial charge in [0.1, 0.15) is 5.82 Å². The van der Waals surface area contributed by atoms with E-state index in [9.17, 15) is 14.7 Å². The predicted molar refractivity (Wildman–Crippen MR) is 162 cm³/mol. The molecule has 6 rings (SSSR count). The van der Waals surface area contributed by atoms with Gasteiger partial charge in [0, 0.05) is 22.4 Å². The molecule has 9 heteroatoms. The molecule has 2 bridgehead atoms. The van der Waals surface area contributed by atoms with Gasteiger partial charge < -0.3 is 20.1 Å². The Balaban J connectivity index is 1.21. The summed E-state index contributed by atoms with van der Waals surface area (Å²) in [4.78, 5) is 34.2. The van der Waals surface area contributed by atoms with Gasteiger partial charge in [-0.3, -0.25) is 9.36 Å². The average Bonchev–Trinajstić information content (AvgIpc) is 3.15. The number of ether oxygens (including phenoxy) is 1.